The van der Waals surface area contributed by atoms with E-state index >= 15 is 0 Å². The maximum atomic E-state index is 12.9. The van der Waals surface area contributed by atoms with Crippen LogP contribution in [0.25, 0.3) is 6.08 Å². The minimum atomic E-state index is -0.129. The van der Waals surface area contributed by atoms with Gasteiger partial charge in [0.1, 0.15) is 12.4 Å². The highest BCUT2D eigenvalue weighted by molar-refractivity contribution is 8.27. The molecule has 25 heavy (non-hydrogen) atoms. The van der Waals surface area contributed by atoms with Crippen molar-refractivity contribution < 1.29 is 9.53 Å². The van der Waals surface area contributed by atoms with Gasteiger partial charge >= 0.3 is 0 Å². The summed E-state index contributed by atoms with van der Waals surface area (Å²) < 4.78 is 8.02. The van der Waals surface area contributed by atoms with Gasteiger partial charge in [0.25, 0.3) is 5.91 Å². The normalized spacial score (nSPS) is 15.9. The number of rotatable bonds is 5. The topological polar surface area (TPSA) is 34.5 Å². The molecule has 0 bridgehead atoms. The number of hydrogen-bond donors (Lipinski definition) is 0. The number of thiocarbonyl (C=S) groups is 1. The van der Waals surface area contributed by atoms with Gasteiger partial charge in [-0.3, -0.25) is 9.47 Å². The summed E-state index contributed by atoms with van der Waals surface area (Å²) in [7, 11) is 0. The lowest BCUT2D eigenvalue weighted by atomic mass is 10.2. The summed E-state index contributed by atoms with van der Waals surface area (Å²) in [6, 6.07) is 11.5. The van der Waals surface area contributed by atoms with Crippen molar-refractivity contribution in [1.82, 2.24) is 4.68 Å². The average molecular weight is 370 g/mol. The molecule has 6 heteroatoms. The van der Waals surface area contributed by atoms with Crippen molar-refractivity contribution in [3.63, 3.8) is 0 Å². The Morgan fingerprint density at radius 1 is 1.20 bits per heavy atom. The van der Waals surface area contributed by atoms with E-state index in [1.807, 2.05) is 61.0 Å². The average Bonchev–Trinajstić information content (AvgIpc) is 3.06. The van der Waals surface area contributed by atoms with Crippen LogP contribution in [0, 0.1) is 13.8 Å². The standard InChI is InChI=1S/C19H18N2O2S2/c1-4-11-23-16-8-6-5-7-15(16)12-17-18(22)21(19(24)25-17)20-13(2)9-10-14(20)3/h4-10,12H,1,11H2,2-3H3/b17-12-. The maximum absolute atomic E-state index is 12.9. The zero-order chi connectivity index (χ0) is 18.0. The number of aromatic nitrogens is 1. The summed E-state index contributed by atoms with van der Waals surface area (Å²) in [4.78, 5) is 13.5. The zero-order valence-corrected chi connectivity index (χ0v) is 15.7. The first-order chi connectivity index (χ1) is 12.0. The third kappa shape index (κ3) is 3.41. The van der Waals surface area contributed by atoms with Crippen molar-refractivity contribution in [1.29, 1.82) is 0 Å². The Morgan fingerprint density at radius 3 is 2.56 bits per heavy atom. The van der Waals surface area contributed by atoms with Gasteiger partial charge in [0, 0.05) is 17.0 Å². The predicted molar refractivity (Wildman–Crippen MR) is 107 cm³/mol. The van der Waals surface area contributed by atoms with Crippen molar-refractivity contribution in [2.75, 3.05) is 11.6 Å². The number of thioether (sulfide) groups is 1. The van der Waals surface area contributed by atoms with Gasteiger partial charge in [-0.05, 0) is 50.3 Å². The van der Waals surface area contributed by atoms with Crippen molar-refractivity contribution >= 4 is 40.3 Å². The Bertz CT molecular complexity index is 864. The van der Waals surface area contributed by atoms with Gasteiger partial charge in [0.05, 0.1) is 4.91 Å². The minimum Gasteiger partial charge on any atom is -0.489 e. The highest BCUT2D eigenvalue weighted by Crippen LogP contribution is 2.34. The lowest BCUT2D eigenvalue weighted by molar-refractivity contribution is -0.114. The lowest BCUT2D eigenvalue weighted by Gasteiger charge is -2.20. The van der Waals surface area contributed by atoms with Crippen molar-refractivity contribution in [2.45, 2.75) is 13.8 Å². The Morgan fingerprint density at radius 2 is 1.88 bits per heavy atom. The molecule has 1 aromatic heterocycles. The minimum absolute atomic E-state index is 0.129. The van der Waals surface area contributed by atoms with Crippen LogP contribution in [0.5, 0.6) is 5.75 Å². The summed E-state index contributed by atoms with van der Waals surface area (Å²) in [5.74, 6) is 0.580. The van der Waals surface area contributed by atoms with E-state index in [-0.39, 0.29) is 5.91 Å². The molecule has 1 saturated heterocycles. The van der Waals surface area contributed by atoms with Crippen LogP contribution in [0.3, 0.4) is 0 Å². The van der Waals surface area contributed by atoms with E-state index in [0.717, 1.165) is 17.0 Å². The Labute approximate surface area is 156 Å². The molecule has 1 aliphatic rings. The van der Waals surface area contributed by atoms with Gasteiger partial charge in [0.2, 0.25) is 0 Å². The van der Waals surface area contributed by atoms with E-state index in [0.29, 0.717) is 21.6 Å². The smallest absolute Gasteiger partial charge is 0.285 e. The Balaban J connectivity index is 1.95. The van der Waals surface area contributed by atoms with E-state index in [1.165, 1.54) is 11.8 Å². The molecule has 0 saturated carbocycles. The summed E-state index contributed by atoms with van der Waals surface area (Å²) in [5, 5.41) is 1.55. The first-order valence-corrected chi connectivity index (χ1v) is 9.01. The molecule has 2 aromatic rings. The maximum Gasteiger partial charge on any atom is 0.285 e. The molecule has 4 nitrogen and oxygen atoms in total. The Hall–Kier alpha value is -2.31. The van der Waals surface area contributed by atoms with Crippen LogP contribution in [0.15, 0.2) is 54.0 Å². The first-order valence-electron chi connectivity index (χ1n) is 7.79. The first kappa shape index (κ1) is 17.5. The third-order valence-corrected chi connectivity index (χ3v) is 5.05. The van der Waals surface area contributed by atoms with Crippen LogP contribution >= 0.6 is 24.0 Å². The zero-order valence-electron chi connectivity index (χ0n) is 14.1. The SMILES string of the molecule is C=CCOc1ccccc1/C=C1\SC(=S)N(n2c(C)ccc2C)C1=O. The van der Waals surface area contributed by atoms with Gasteiger partial charge in [-0.15, -0.1) is 0 Å². The number of para-hydroxylation sites is 1. The fraction of sp³-hybridized carbons (Fsp3) is 0.158. The number of ether oxygens (including phenoxy) is 1. The number of hydrogen-bond acceptors (Lipinski definition) is 4. The van der Waals surface area contributed by atoms with Crippen LogP contribution in [0.2, 0.25) is 0 Å². The number of aryl methyl sites for hydroxylation is 2. The highest BCUT2D eigenvalue weighted by Gasteiger charge is 2.34. The number of carbonyl (C=O) groups is 1. The molecule has 1 aromatic carbocycles. The van der Waals surface area contributed by atoms with Gasteiger partial charge in [-0.25, -0.2) is 0 Å². The van der Waals surface area contributed by atoms with Gasteiger partial charge < -0.3 is 4.74 Å². The molecule has 0 radical (unpaired) electrons. The molecule has 0 unspecified atom stereocenters. The van der Waals surface area contributed by atoms with E-state index in [9.17, 15) is 4.79 Å². The summed E-state index contributed by atoms with van der Waals surface area (Å²) in [6.07, 6.45) is 3.51. The summed E-state index contributed by atoms with van der Waals surface area (Å²) >= 11 is 6.74. The second-order valence-corrected chi connectivity index (χ2v) is 7.23. The molecular formula is C19H18N2O2S2. The van der Waals surface area contributed by atoms with Crippen LogP contribution in [0.1, 0.15) is 17.0 Å². The van der Waals surface area contributed by atoms with Crippen molar-refractivity contribution in [3.8, 4) is 5.75 Å². The van der Waals surface area contributed by atoms with Crippen LogP contribution in [0.4, 0.5) is 0 Å². The monoisotopic (exact) mass is 370 g/mol. The second-order valence-electron chi connectivity index (χ2n) is 5.56. The van der Waals surface area contributed by atoms with E-state index < -0.39 is 0 Å². The largest absolute Gasteiger partial charge is 0.489 e. The lowest BCUT2D eigenvalue weighted by Crippen LogP contribution is -2.39. The van der Waals surface area contributed by atoms with Crippen molar-refractivity contribution in [2.24, 2.45) is 0 Å². The molecule has 1 amide bonds. The fourth-order valence-corrected chi connectivity index (χ4v) is 3.86. The Kier molecular flexibility index (Phi) is 5.11. The molecule has 128 valence electrons. The van der Waals surface area contributed by atoms with Gasteiger partial charge in [-0.1, -0.05) is 42.6 Å². The molecule has 1 fully saturated rings. The number of nitrogens with zero attached hydrogens (tertiary/aromatic N) is 2. The predicted octanol–water partition coefficient (Wildman–Crippen LogP) is 4.21. The molecule has 0 atom stereocenters. The third-order valence-electron chi connectivity index (χ3n) is 3.77. The highest BCUT2D eigenvalue weighted by atomic mass is 32.2. The van der Waals surface area contributed by atoms with Crippen LogP contribution in [-0.2, 0) is 4.79 Å². The van der Waals surface area contributed by atoms with E-state index in [1.54, 1.807) is 11.1 Å². The van der Waals surface area contributed by atoms with Crippen molar-refractivity contribution in [3.05, 3.63) is 70.9 Å². The summed E-state index contributed by atoms with van der Waals surface area (Å²) in [6.45, 7) is 7.97. The molecule has 3 rings (SSSR count). The van der Waals surface area contributed by atoms with E-state index in [4.69, 9.17) is 17.0 Å². The fourth-order valence-electron chi connectivity index (χ4n) is 2.63. The quantitative estimate of drug-likeness (QED) is 0.449. The molecule has 0 aliphatic carbocycles. The second kappa shape index (κ2) is 7.29. The molecule has 0 N–H and O–H groups in total. The number of benzene rings is 1. The van der Waals surface area contributed by atoms with Gasteiger partial charge in [-0.2, -0.15) is 5.01 Å². The summed E-state index contributed by atoms with van der Waals surface area (Å²) in [5.41, 5.74) is 2.76. The van der Waals surface area contributed by atoms with Gasteiger partial charge in [0.15, 0.2) is 4.32 Å². The van der Waals surface area contributed by atoms with Crippen LogP contribution < -0.4 is 9.75 Å². The van der Waals surface area contributed by atoms with E-state index in [2.05, 4.69) is 6.58 Å². The number of amides is 1. The number of carbonyl (C=O) groups excluding carboxylic acids is 1. The van der Waals surface area contributed by atoms with Crippen LogP contribution in [-0.4, -0.2) is 21.5 Å². The molecule has 0 spiro atoms. The molecule has 1 aliphatic heterocycles. The molecule has 2 heterocycles. The molecular weight excluding hydrogens is 352 g/mol.